The first kappa shape index (κ1) is 64.2. The van der Waals surface area contributed by atoms with Crippen LogP contribution in [0.5, 0.6) is 0 Å². The van der Waals surface area contributed by atoms with Crippen LogP contribution in [0.15, 0.2) is 60.8 Å². The Morgan fingerprint density at radius 1 is 0.545 bits per heavy atom. The summed E-state index contributed by atoms with van der Waals surface area (Å²) in [6, 6.07) is -0.911. The molecule has 0 aromatic carbocycles. The van der Waals surface area contributed by atoms with Crippen molar-refractivity contribution in [1.82, 2.24) is 5.32 Å². The van der Waals surface area contributed by atoms with Crippen LogP contribution in [0.4, 0.5) is 0 Å². The summed E-state index contributed by atoms with van der Waals surface area (Å²) in [6.45, 7) is 4.51. The van der Waals surface area contributed by atoms with Gasteiger partial charge in [0, 0.05) is 6.42 Å². The van der Waals surface area contributed by atoms with Gasteiger partial charge in [0.15, 0.2) is 0 Å². The molecular weight excluding hydrogens is 840 g/mol. The van der Waals surface area contributed by atoms with E-state index in [0.717, 1.165) is 57.8 Å². The first-order valence-corrected chi connectivity index (χ1v) is 29.1. The maximum atomic E-state index is 12.9. The molecule has 2 N–H and O–H groups in total. The topological polar surface area (TPSA) is 108 Å². The quantitative estimate of drug-likeness (QED) is 0.0272. The Labute approximate surface area is 409 Å². The van der Waals surface area contributed by atoms with Gasteiger partial charge in [0.2, 0.25) is 5.91 Å². The van der Waals surface area contributed by atoms with Crippen molar-refractivity contribution < 1.29 is 32.9 Å². The van der Waals surface area contributed by atoms with Gasteiger partial charge in [-0.1, -0.05) is 242 Å². The van der Waals surface area contributed by atoms with Crippen LogP contribution in [0.3, 0.4) is 0 Å². The number of carbonyl (C=O) groups excluding carboxylic acids is 1. The van der Waals surface area contributed by atoms with Crippen LogP contribution < -0.4 is 10.2 Å². The summed E-state index contributed by atoms with van der Waals surface area (Å²) in [6.07, 6.45) is 64.6. The number of rotatable bonds is 50. The third-order valence-corrected chi connectivity index (χ3v) is 13.2. The van der Waals surface area contributed by atoms with Crippen molar-refractivity contribution in [2.24, 2.45) is 0 Å². The third-order valence-electron chi connectivity index (χ3n) is 12.2. The van der Waals surface area contributed by atoms with E-state index < -0.39 is 26.6 Å². The van der Waals surface area contributed by atoms with E-state index in [-0.39, 0.29) is 18.9 Å². The lowest BCUT2D eigenvalue weighted by Crippen LogP contribution is -2.45. The van der Waals surface area contributed by atoms with Crippen molar-refractivity contribution in [3.63, 3.8) is 0 Å². The summed E-state index contributed by atoms with van der Waals surface area (Å²) < 4.78 is 23.3. The molecule has 3 unspecified atom stereocenters. The van der Waals surface area contributed by atoms with Gasteiger partial charge in [0.25, 0.3) is 7.82 Å². The maximum absolute atomic E-state index is 12.9. The Morgan fingerprint density at radius 3 is 1.35 bits per heavy atom. The summed E-state index contributed by atoms with van der Waals surface area (Å²) >= 11 is 0. The molecule has 0 aromatic heterocycles. The number of phosphoric acid groups is 1. The molecule has 0 bridgehead atoms. The molecule has 0 saturated carbocycles. The average molecular weight is 947 g/mol. The number of hydrogen-bond acceptors (Lipinski definition) is 6. The molecule has 8 nitrogen and oxygen atoms in total. The monoisotopic (exact) mass is 947 g/mol. The normalized spacial score (nSPS) is 14.5. The first-order valence-electron chi connectivity index (χ1n) is 27.7. The Hall–Kier alpha value is -1.80. The maximum Gasteiger partial charge on any atom is 0.268 e. The molecule has 0 rings (SSSR count). The van der Waals surface area contributed by atoms with Gasteiger partial charge >= 0.3 is 0 Å². The van der Waals surface area contributed by atoms with Crippen LogP contribution in [-0.4, -0.2) is 68.5 Å². The van der Waals surface area contributed by atoms with E-state index in [1.54, 1.807) is 6.08 Å². The van der Waals surface area contributed by atoms with Gasteiger partial charge in [-0.15, -0.1) is 0 Å². The average Bonchev–Trinajstić information content (AvgIpc) is 3.28. The number of likely N-dealkylation sites (N-methyl/N-ethyl adjacent to an activating group) is 1. The second-order valence-electron chi connectivity index (χ2n) is 19.9. The van der Waals surface area contributed by atoms with Crippen molar-refractivity contribution in [2.75, 3.05) is 40.9 Å². The summed E-state index contributed by atoms with van der Waals surface area (Å²) in [4.78, 5) is 25.4. The third kappa shape index (κ3) is 50.1. The van der Waals surface area contributed by atoms with Gasteiger partial charge in [0.05, 0.1) is 39.9 Å². The molecule has 0 saturated heterocycles. The fourth-order valence-corrected chi connectivity index (χ4v) is 8.63. The number of nitrogens with one attached hydrogen (secondary N) is 1. The Kier molecular flexibility index (Phi) is 46.9. The van der Waals surface area contributed by atoms with E-state index in [0.29, 0.717) is 17.4 Å². The number of nitrogens with zero attached hydrogens (tertiary/aromatic N) is 1. The first-order chi connectivity index (χ1) is 32.0. The highest BCUT2D eigenvalue weighted by atomic mass is 31.2. The van der Waals surface area contributed by atoms with Gasteiger partial charge in [-0.05, 0) is 57.8 Å². The molecule has 9 heteroatoms. The highest BCUT2D eigenvalue weighted by molar-refractivity contribution is 7.45. The number of phosphoric ester groups is 1. The van der Waals surface area contributed by atoms with E-state index in [4.69, 9.17) is 9.05 Å². The Balaban J connectivity index is 4.19. The van der Waals surface area contributed by atoms with Crippen LogP contribution >= 0.6 is 7.82 Å². The summed E-state index contributed by atoms with van der Waals surface area (Å²) in [5.41, 5.74) is 0. The fraction of sp³-hybridized carbons (Fsp3) is 0.807. The molecule has 0 radical (unpaired) electrons. The zero-order chi connectivity index (χ0) is 48.5. The zero-order valence-electron chi connectivity index (χ0n) is 43.9. The van der Waals surface area contributed by atoms with E-state index in [1.165, 1.54) is 161 Å². The molecule has 0 heterocycles. The van der Waals surface area contributed by atoms with E-state index in [1.807, 2.05) is 27.2 Å². The molecule has 386 valence electrons. The number of amides is 1. The largest absolute Gasteiger partial charge is 0.756 e. The molecule has 0 aliphatic rings. The fourth-order valence-electron chi connectivity index (χ4n) is 7.91. The van der Waals surface area contributed by atoms with E-state index >= 15 is 0 Å². The van der Waals surface area contributed by atoms with Gasteiger partial charge in [-0.25, -0.2) is 0 Å². The highest BCUT2D eigenvalue weighted by Crippen LogP contribution is 2.38. The zero-order valence-corrected chi connectivity index (χ0v) is 44.8. The van der Waals surface area contributed by atoms with Crippen LogP contribution in [0, 0.1) is 0 Å². The Bertz CT molecular complexity index is 1260. The van der Waals surface area contributed by atoms with Crippen molar-refractivity contribution in [2.45, 2.75) is 257 Å². The van der Waals surface area contributed by atoms with Gasteiger partial charge in [-0.3, -0.25) is 9.36 Å². The Morgan fingerprint density at radius 2 is 0.924 bits per heavy atom. The highest BCUT2D eigenvalue weighted by Gasteiger charge is 2.23. The lowest BCUT2D eigenvalue weighted by molar-refractivity contribution is -0.870. The standard InChI is InChI=1S/C57H107N2O6P/c1-6-8-10-12-14-16-18-20-22-23-24-25-26-27-28-29-30-31-32-33-34-35-37-38-40-42-44-46-48-50-56(60)55(54-65-66(62,63)64-53-52-59(3,4)5)58-57(61)51-49-47-45-43-41-39-36-21-19-17-15-13-11-9-7-2/h9,11,15,17,21,36,41,43,48,50,55-56,60H,6-8,10,12-14,16,18-20,22-35,37-40,42,44-47,49,51-54H2,1-5H3,(H-,58,61,62,63)/b11-9-,17-15-,36-21-,43-41-,50-48+. The van der Waals surface area contributed by atoms with E-state index in [9.17, 15) is 19.4 Å². The minimum absolute atomic E-state index is 0.0112. The van der Waals surface area contributed by atoms with Crippen molar-refractivity contribution in [3.05, 3.63) is 60.8 Å². The lowest BCUT2D eigenvalue weighted by Gasteiger charge is -2.29. The molecule has 0 fully saturated rings. The molecular formula is C57H107N2O6P. The molecule has 0 aliphatic heterocycles. The SMILES string of the molecule is CC/C=C\C/C=C\C/C=C\C/C=C\CCCCC(=O)NC(COP(=O)([O-])OCC[N+](C)(C)C)C(O)/C=C/CCCCCCCCCCCCCCCCCCCCCCCCCCCCC. The van der Waals surface area contributed by atoms with Crippen molar-refractivity contribution >= 4 is 13.7 Å². The number of aliphatic hydroxyl groups excluding tert-OH is 1. The predicted molar refractivity (Wildman–Crippen MR) is 284 cm³/mol. The van der Waals surface area contributed by atoms with Crippen molar-refractivity contribution in [3.8, 4) is 0 Å². The summed E-state index contributed by atoms with van der Waals surface area (Å²) in [7, 11) is 1.23. The number of hydrogen-bond donors (Lipinski definition) is 2. The predicted octanol–water partition coefficient (Wildman–Crippen LogP) is 15.9. The van der Waals surface area contributed by atoms with E-state index in [2.05, 4.69) is 67.8 Å². The summed E-state index contributed by atoms with van der Waals surface area (Å²) in [5, 5.41) is 13.8. The van der Waals surface area contributed by atoms with Crippen LogP contribution in [0.2, 0.25) is 0 Å². The summed E-state index contributed by atoms with van der Waals surface area (Å²) in [5.74, 6) is -0.238. The van der Waals surface area contributed by atoms with Gasteiger partial charge < -0.3 is 28.8 Å². The lowest BCUT2D eigenvalue weighted by atomic mass is 10.0. The number of quaternary nitrogens is 1. The number of allylic oxidation sites excluding steroid dienone is 9. The van der Waals surface area contributed by atoms with Gasteiger partial charge in [0.1, 0.15) is 13.2 Å². The van der Waals surface area contributed by atoms with Crippen LogP contribution in [-0.2, 0) is 18.4 Å². The minimum atomic E-state index is -4.61. The van der Waals surface area contributed by atoms with Crippen LogP contribution in [0.1, 0.15) is 245 Å². The number of carbonyl (C=O) groups is 1. The molecule has 0 spiro atoms. The smallest absolute Gasteiger partial charge is 0.268 e. The molecule has 0 aliphatic carbocycles. The molecule has 0 aromatic rings. The minimum Gasteiger partial charge on any atom is -0.756 e. The van der Waals surface area contributed by atoms with Crippen molar-refractivity contribution in [1.29, 1.82) is 0 Å². The second-order valence-corrected chi connectivity index (χ2v) is 21.3. The molecule has 1 amide bonds. The number of aliphatic hydroxyl groups is 1. The van der Waals surface area contributed by atoms with Gasteiger partial charge in [-0.2, -0.15) is 0 Å². The molecule has 66 heavy (non-hydrogen) atoms. The molecule has 3 atom stereocenters. The van der Waals surface area contributed by atoms with Crippen LogP contribution in [0.25, 0.3) is 0 Å². The number of unbranched alkanes of at least 4 members (excludes halogenated alkanes) is 29. The second kappa shape index (κ2) is 48.2.